The van der Waals surface area contributed by atoms with E-state index in [1.54, 1.807) is 18.3 Å². The molecule has 1 aromatic heterocycles. The summed E-state index contributed by atoms with van der Waals surface area (Å²) in [5.74, 6) is 0.803. The number of likely N-dealkylation sites (tertiary alicyclic amines) is 1. The molecule has 4 heterocycles. The zero-order chi connectivity index (χ0) is 21.2. The van der Waals surface area contributed by atoms with Crippen LogP contribution in [0.1, 0.15) is 30.1 Å². The van der Waals surface area contributed by atoms with Gasteiger partial charge in [0.05, 0.1) is 24.8 Å². The van der Waals surface area contributed by atoms with Gasteiger partial charge >= 0.3 is 0 Å². The van der Waals surface area contributed by atoms with E-state index in [2.05, 4.69) is 15.2 Å². The quantitative estimate of drug-likeness (QED) is 0.798. The Labute approximate surface area is 181 Å². The highest BCUT2D eigenvalue weighted by Gasteiger charge is 2.49. The van der Waals surface area contributed by atoms with E-state index < -0.39 is 0 Å². The Balaban J connectivity index is 1.37. The number of rotatable bonds is 5. The predicted octanol–water partition coefficient (Wildman–Crippen LogP) is 2.95. The highest BCUT2D eigenvalue weighted by atomic mass is 19.1. The maximum Gasteiger partial charge on any atom is 0.225 e. The van der Waals surface area contributed by atoms with Crippen molar-refractivity contribution in [3.63, 3.8) is 0 Å². The van der Waals surface area contributed by atoms with Crippen molar-refractivity contribution >= 4 is 5.91 Å². The second kappa shape index (κ2) is 8.93. The number of carbonyl (C=O) groups excluding carboxylic acids is 1. The zero-order valence-electron chi connectivity index (χ0n) is 17.5. The van der Waals surface area contributed by atoms with Crippen LogP contribution in [0.15, 0.2) is 42.6 Å². The van der Waals surface area contributed by atoms with Crippen LogP contribution in [0.3, 0.4) is 0 Å². The summed E-state index contributed by atoms with van der Waals surface area (Å²) in [7, 11) is 0. The number of pyridine rings is 1. The summed E-state index contributed by atoms with van der Waals surface area (Å²) >= 11 is 0. The van der Waals surface area contributed by atoms with E-state index in [9.17, 15) is 9.18 Å². The molecule has 0 spiro atoms. The van der Waals surface area contributed by atoms with E-state index in [0.29, 0.717) is 25.6 Å². The minimum atomic E-state index is -0.267. The number of benzene rings is 1. The van der Waals surface area contributed by atoms with E-state index in [0.717, 1.165) is 49.6 Å². The van der Waals surface area contributed by atoms with E-state index in [-0.39, 0.29) is 29.6 Å². The van der Waals surface area contributed by atoms with Gasteiger partial charge in [-0.25, -0.2) is 4.39 Å². The number of amides is 1. The molecule has 0 aliphatic carbocycles. The molecule has 1 aromatic carbocycles. The van der Waals surface area contributed by atoms with Gasteiger partial charge in [0, 0.05) is 50.0 Å². The molecule has 7 heteroatoms. The van der Waals surface area contributed by atoms with E-state index in [4.69, 9.17) is 9.47 Å². The Morgan fingerprint density at radius 1 is 1.23 bits per heavy atom. The molecule has 6 nitrogen and oxygen atoms in total. The fourth-order valence-electron chi connectivity index (χ4n) is 5.23. The fourth-order valence-corrected chi connectivity index (χ4v) is 5.23. The third-order valence-electron chi connectivity index (χ3n) is 6.81. The number of ether oxygens (including phenoxy) is 2. The van der Waals surface area contributed by atoms with Crippen LogP contribution in [0.4, 0.5) is 4.39 Å². The molecule has 3 aliphatic rings. The van der Waals surface area contributed by atoms with Crippen LogP contribution in [0.25, 0.3) is 0 Å². The monoisotopic (exact) mass is 425 g/mol. The molecule has 2 fully saturated rings. The van der Waals surface area contributed by atoms with Gasteiger partial charge in [0.2, 0.25) is 5.91 Å². The lowest BCUT2D eigenvalue weighted by Crippen LogP contribution is -2.38. The lowest BCUT2D eigenvalue weighted by atomic mass is 9.84. The molecule has 0 bridgehead atoms. The number of halogens is 1. The second-order valence-electron chi connectivity index (χ2n) is 8.76. The molecule has 3 atom stereocenters. The SMILES string of the molecule is O=C(NCc1ccccn1)[C@@H]1CN(CC2CCOCC2)[C@H]2c3cc(F)ccc3OC[C@@H]12. The molecule has 1 N–H and O–H groups in total. The molecule has 3 aliphatic heterocycles. The molecule has 2 aromatic rings. The van der Waals surface area contributed by atoms with Crippen LogP contribution in [-0.2, 0) is 16.1 Å². The highest BCUT2D eigenvalue weighted by molar-refractivity contribution is 5.80. The minimum absolute atomic E-state index is 0.00197. The summed E-state index contributed by atoms with van der Waals surface area (Å²) in [6.45, 7) is 3.99. The number of aromatic nitrogens is 1. The number of hydrogen-bond donors (Lipinski definition) is 1. The Morgan fingerprint density at radius 2 is 2.10 bits per heavy atom. The lowest BCUT2D eigenvalue weighted by Gasteiger charge is -2.36. The van der Waals surface area contributed by atoms with Crippen molar-refractivity contribution in [2.75, 3.05) is 32.9 Å². The first kappa shape index (κ1) is 20.4. The molecule has 1 amide bonds. The first-order valence-corrected chi connectivity index (χ1v) is 11.1. The van der Waals surface area contributed by atoms with Crippen molar-refractivity contribution in [1.82, 2.24) is 15.2 Å². The number of carbonyl (C=O) groups is 1. The van der Waals surface area contributed by atoms with E-state index in [1.165, 1.54) is 6.07 Å². The van der Waals surface area contributed by atoms with Crippen molar-refractivity contribution in [1.29, 1.82) is 0 Å². The van der Waals surface area contributed by atoms with Crippen LogP contribution in [0.5, 0.6) is 5.75 Å². The van der Waals surface area contributed by atoms with E-state index >= 15 is 0 Å². The topological polar surface area (TPSA) is 63.7 Å². The van der Waals surface area contributed by atoms with Gasteiger partial charge in [-0.05, 0) is 49.1 Å². The summed E-state index contributed by atoms with van der Waals surface area (Å²) < 4.78 is 25.6. The number of fused-ring (bicyclic) bond motifs is 3. The van der Waals surface area contributed by atoms with Gasteiger partial charge in [-0.1, -0.05) is 6.07 Å². The van der Waals surface area contributed by atoms with Gasteiger partial charge in [-0.3, -0.25) is 14.7 Å². The van der Waals surface area contributed by atoms with Gasteiger partial charge in [0.25, 0.3) is 0 Å². The van der Waals surface area contributed by atoms with Gasteiger partial charge in [0.1, 0.15) is 11.6 Å². The van der Waals surface area contributed by atoms with Gasteiger partial charge in [0.15, 0.2) is 0 Å². The molecule has 5 rings (SSSR count). The third kappa shape index (κ3) is 4.29. The largest absolute Gasteiger partial charge is 0.493 e. The van der Waals surface area contributed by atoms with Crippen LogP contribution in [0.2, 0.25) is 0 Å². The summed E-state index contributed by atoms with van der Waals surface area (Å²) in [6.07, 6.45) is 3.77. The molecular formula is C24H28FN3O3. The van der Waals surface area contributed by atoms with Crippen LogP contribution >= 0.6 is 0 Å². The summed E-state index contributed by atoms with van der Waals surface area (Å²) in [5.41, 5.74) is 1.69. The first-order chi connectivity index (χ1) is 15.2. The average Bonchev–Trinajstić information content (AvgIpc) is 3.17. The minimum Gasteiger partial charge on any atom is -0.493 e. The number of hydrogen-bond acceptors (Lipinski definition) is 5. The standard InChI is InChI=1S/C24H28FN3O3/c25-17-4-5-22-19(11-17)23-21(15-31-22)20(14-28(23)13-16-6-9-30-10-7-16)24(29)27-12-18-3-1-2-8-26-18/h1-5,8,11,16,20-21,23H,6-7,9-10,12-15H2,(H,27,29)/t20-,21+,23+/m1/s1. The first-order valence-electron chi connectivity index (χ1n) is 11.1. The normalized spacial score (nSPS) is 26.0. The molecule has 0 unspecified atom stereocenters. The van der Waals surface area contributed by atoms with E-state index in [1.807, 2.05) is 18.2 Å². The molecule has 0 radical (unpaired) electrons. The predicted molar refractivity (Wildman–Crippen MR) is 113 cm³/mol. The van der Waals surface area contributed by atoms with Gasteiger partial charge in [-0.2, -0.15) is 0 Å². The maximum atomic E-state index is 14.1. The van der Waals surface area contributed by atoms with Gasteiger partial charge in [-0.15, -0.1) is 0 Å². The van der Waals surface area contributed by atoms with Crippen LogP contribution in [0, 0.1) is 23.6 Å². The van der Waals surface area contributed by atoms with Crippen molar-refractivity contribution in [3.05, 3.63) is 59.7 Å². The average molecular weight is 426 g/mol. The molecule has 164 valence electrons. The van der Waals surface area contributed by atoms with Crippen molar-refractivity contribution < 1.29 is 18.7 Å². The molecule has 2 saturated heterocycles. The summed E-state index contributed by atoms with van der Waals surface area (Å²) in [4.78, 5) is 19.8. The van der Waals surface area contributed by atoms with Crippen molar-refractivity contribution in [2.24, 2.45) is 17.8 Å². The highest BCUT2D eigenvalue weighted by Crippen LogP contribution is 2.48. The smallest absolute Gasteiger partial charge is 0.225 e. The molecule has 31 heavy (non-hydrogen) atoms. The van der Waals surface area contributed by atoms with Gasteiger partial charge < -0.3 is 14.8 Å². The fraction of sp³-hybridized carbons (Fsp3) is 0.500. The van der Waals surface area contributed by atoms with Crippen LogP contribution in [-0.4, -0.2) is 48.7 Å². The zero-order valence-corrected chi connectivity index (χ0v) is 17.5. The lowest BCUT2D eigenvalue weighted by molar-refractivity contribution is -0.126. The second-order valence-corrected chi connectivity index (χ2v) is 8.76. The Hall–Kier alpha value is -2.51. The molecule has 0 saturated carbocycles. The summed E-state index contributed by atoms with van der Waals surface area (Å²) in [5, 5.41) is 3.06. The van der Waals surface area contributed by atoms with Crippen LogP contribution < -0.4 is 10.1 Å². The Morgan fingerprint density at radius 3 is 2.90 bits per heavy atom. The Bertz CT molecular complexity index is 920. The molecular weight excluding hydrogens is 397 g/mol. The van der Waals surface area contributed by atoms with Crippen molar-refractivity contribution in [2.45, 2.75) is 25.4 Å². The summed E-state index contributed by atoms with van der Waals surface area (Å²) in [6, 6.07) is 10.4. The van der Waals surface area contributed by atoms with Crippen molar-refractivity contribution in [3.8, 4) is 5.75 Å². The number of nitrogens with one attached hydrogen (secondary N) is 1. The maximum absolute atomic E-state index is 14.1. The number of nitrogens with zero attached hydrogens (tertiary/aromatic N) is 2. The Kier molecular flexibility index (Phi) is 5.87. The third-order valence-corrected chi connectivity index (χ3v) is 6.81.